The fourth-order valence-corrected chi connectivity index (χ4v) is 1.39. The molecule has 6 heteroatoms. The van der Waals surface area contributed by atoms with Crippen molar-refractivity contribution >= 4 is 11.1 Å². The lowest BCUT2D eigenvalue weighted by Gasteiger charge is -2.14. The van der Waals surface area contributed by atoms with E-state index < -0.39 is 22.7 Å². The Morgan fingerprint density at radius 2 is 1.77 bits per heavy atom. The second-order valence-electron chi connectivity index (χ2n) is 3.22. The summed E-state index contributed by atoms with van der Waals surface area (Å²) < 4.78 is 49.9. The van der Waals surface area contributed by atoms with Gasteiger partial charge < -0.3 is 0 Å². The van der Waals surface area contributed by atoms with Crippen LogP contribution < -0.4 is 0 Å². The average molecular weight is 218 g/mol. The monoisotopic (exact) mass is 218 g/mol. The molecule has 0 aliphatic heterocycles. The summed E-state index contributed by atoms with van der Waals surface area (Å²) in [7, 11) is 0. The van der Waals surface area contributed by atoms with Crippen LogP contribution in [0.25, 0.3) is 0 Å². The molecule has 0 N–H and O–H groups in total. The lowest BCUT2D eigenvalue weighted by atomic mass is 10.1. The SMILES string of the molecule is CC(C)CC(C)OS(=O)C(F)(F)F. The molecule has 0 rings (SSSR count). The topological polar surface area (TPSA) is 26.3 Å². The van der Waals surface area contributed by atoms with Gasteiger partial charge in [-0.25, -0.2) is 4.21 Å². The molecule has 0 aromatic carbocycles. The predicted molar refractivity (Wildman–Crippen MR) is 44.2 cm³/mol. The van der Waals surface area contributed by atoms with Crippen LogP contribution in [-0.4, -0.2) is 15.8 Å². The maximum Gasteiger partial charge on any atom is 0.497 e. The van der Waals surface area contributed by atoms with Gasteiger partial charge in [0.25, 0.3) is 11.1 Å². The maximum atomic E-state index is 11.7. The molecule has 0 aromatic rings. The van der Waals surface area contributed by atoms with Gasteiger partial charge in [-0.2, -0.15) is 13.2 Å². The highest BCUT2D eigenvalue weighted by Gasteiger charge is 2.39. The van der Waals surface area contributed by atoms with Crippen LogP contribution in [-0.2, 0) is 15.3 Å². The molecule has 0 aliphatic carbocycles. The molecular weight excluding hydrogens is 205 g/mol. The van der Waals surface area contributed by atoms with E-state index in [4.69, 9.17) is 0 Å². The van der Waals surface area contributed by atoms with Crippen molar-refractivity contribution < 1.29 is 21.6 Å². The summed E-state index contributed by atoms with van der Waals surface area (Å²) in [6.45, 7) is 5.19. The minimum Gasteiger partial charge on any atom is -0.281 e. The first-order chi connectivity index (χ1) is 5.73. The van der Waals surface area contributed by atoms with Crippen LogP contribution in [0.15, 0.2) is 0 Å². The summed E-state index contributed by atoms with van der Waals surface area (Å²) in [5, 5.41) is 0. The van der Waals surface area contributed by atoms with Gasteiger partial charge in [-0.3, -0.25) is 4.18 Å². The molecule has 2 nitrogen and oxygen atoms in total. The third-order valence-electron chi connectivity index (χ3n) is 1.24. The van der Waals surface area contributed by atoms with Gasteiger partial charge in [0.1, 0.15) is 0 Å². The van der Waals surface area contributed by atoms with E-state index in [1.807, 2.05) is 13.8 Å². The van der Waals surface area contributed by atoms with Crippen molar-refractivity contribution in [3.63, 3.8) is 0 Å². The fourth-order valence-electron chi connectivity index (χ4n) is 0.907. The van der Waals surface area contributed by atoms with Crippen molar-refractivity contribution in [2.45, 2.75) is 38.8 Å². The second-order valence-corrected chi connectivity index (χ2v) is 4.34. The molecule has 0 aromatic heterocycles. The van der Waals surface area contributed by atoms with E-state index >= 15 is 0 Å². The third-order valence-corrected chi connectivity index (χ3v) is 2.13. The Morgan fingerprint density at radius 1 is 1.31 bits per heavy atom. The molecule has 0 fully saturated rings. The number of alkyl halides is 3. The number of hydrogen-bond donors (Lipinski definition) is 0. The summed E-state index contributed by atoms with van der Waals surface area (Å²) in [6, 6.07) is 0. The Labute approximate surface area is 78.1 Å². The Kier molecular flexibility index (Phi) is 4.91. The molecule has 2 unspecified atom stereocenters. The van der Waals surface area contributed by atoms with Crippen molar-refractivity contribution in [3.8, 4) is 0 Å². The van der Waals surface area contributed by atoms with Crippen LogP contribution >= 0.6 is 0 Å². The lowest BCUT2D eigenvalue weighted by molar-refractivity contribution is -0.0499. The highest BCUT2D eigenvalue weighted by Crippen LogP contribution is 2.23. The zero-order chi connectivity index (χ0) is 10.6. The largest absolute Gasteiger partial charge is 0.497 e. The molecular formula is C7H13F3O2S. The van der Waals surface area contributed by atoms with E-state index in [-0.39, 0.29) is 5.92 Å². The second kappa shape index (κ2) is 4.95. The Morgan fingerprint density at radius 3 is 2.08 bits per heavy atom. The molecule has 0 heterocycles. The van der Waals surface area contributed by atoms with Gasteiger partial charge in [-0.15, -0.1) is 0 Å². The van der Waals surface area contributed by atoms with Gasteiger partial charge in [0.2, 0.25) is 0 Å². The molecule has 0 spiro atoms. The van der Waals surface area contributed by atoms with E-state index in [2.05, 4.69) is 4.18 Å². The first-order valence-corrected chi connectivity index (χ1v) is 4.96. The Balaban J connectivity index is 3.93. The standard InChI is InChI=1S/C7H13F3O2S/c1-5(2)4-6(3)12-13(11)7(8,9)10/h5-6H,4H2,1-3H3. The maximum absolute atomic E-state index is 11.7. The van der Waals surface area contributed by atoms with Crippen LogP contribution in [0, 0.1) is 5.92 Å². The van der Waals surface area contributed by atoms with E-state index in [0.717, 1.165) is 0 Å². The van der Waals surface area contributed by atoms with Gasteiger partial charge in [0.15, 0.2) is 0 Å². The minimum absolute atomic E-state index is 0.222. The molecule has 0 radical (unpaired) electrons. The number of halogens is 3. The van der Waals surface area contributed by atoms with Crippen molar-refractivity contribution in [1.82, 2.24) is 0 Å². The molecule has 2 atom stereocenters. The van der Waals surface area contributed by atoms with Gasteiger partial charge in [-0.05, 0) is 19.3 Å². The summed E-state index contributed by atoms with van der Waals surface area (Å²) in [4.78, 5) is 0. The average Bonchev–Trinajstić information content (AvgIpc) is 1.82. The smallest absolute Gasteiger partial charge is 0.281 e. The molecule has 80 valence electrons. The zero-order valence-corrected chi connectivity index (χ0v) is 8.54. The van der Waals surface area contributed by atoms with Gasteiger partial charge in [0, 0.05) is 0 Å². The summed E-state index contributed by atoms with van der Waals surface area (Å²) >= 11 is -3.18. The normalized spacial score (nSPS) is 17.5. The van der Waals surface area contributed by atoms with Gasteiger partial charge in [0.05, 0.1) is 6.10 Å². The first-order valence-electron chi connectivity index (χ1n) is 3.89. The number of hydrogen-bond acceptors (Lipinski definition) is 2. The minimum atomic E-state index is -4.77. The third kappa shape index (κ3) is 6.04. The quantitative estimate of drug-likeness (QED) is 0.725. The van der Waals surface area contributed by atoms with Gasteiger partial charge in [-0.1, -0.05) is 13.8 Å². The van der Waals surface area contributed by atoms with Crippen molar-refractivity contribution in [2.24, 2.45) is 5.92 Å². The van der Waals surface area contributed by atoms with E-state index in [1.54, 1.807) is 0 Å². The summed E-state index contributed by atoms with van der Waals surface area (Å²) in [5.74, 6) is 0.222. The Bertz CT molecular complexity index is 179. The van der Waals surface area contributed by atoms with Crippen molar-refractivity contribution in [2.75, 3.05) is 0 Å². The molecule has 0 amide bonds. The molecule has 0 aliphatic rings. The van der Waals surface area contributed by atoms with Crippen LogP contribution in [0.2, 0.25) is 0 Å². The highest BCUT2D eigenvalue weighted by atomic mass is 32.2. The molecule has 13 heavy (non-hydrogen) atoms. The highest BCUT2D eigenvalue weighted by molar-refractivity contribution is 7.81. The van der Waals surface area contributed by atoms with E-state index in [9.17, 15) is 17.4 Å². The van der Waals surface area contributed by atoms with E-state index in [1.165, 1.54) is 6.92 Å². The molecule has 0 bridgehead atoms. The number of rotatable bonds is 4. The first kappa shape index (κ1) is 12.9. The Hall–Kier alpha value is -0.100. The van der Waals surface area contributed by atoms with Crippen LogP contribution in [0.4, 0.5) is 13.2 Å². The molecule has 0 saturated heterocycles. The summed E-state index contributed by atoms with van der Waals surface area (Å²) in [6.07, 6.45) is -0.176. The molecule has 0 saturated carbocycles. The van der Waals surface area contributed by atoms with Crippen molar-refractivity contribution in [1.29, 1.82) is 0 Å². The fraction of sp³-hybridized carbons (Fsp3) is 1.00. The van der Waals surface area contributed by atoms with Crippen molar-refractivity contribution in [3.05, 3.63) is 0 Å². The lowest BCUT2D eigenvalue weighted by Crippen LogP contribution is -2.23. The van der Waals surface area contributed by atoms with Gasteiger partial charge >= 0.3 is 5.51 Å². The van der Waals surface area contributed by atoms with Crippen LogP contribution in [0.3, 0.4) is 0 Å². The van der Waals surface area contributed by atoms with Crippen LogP contribution in [0.5, 0.6) is 0 Å². The predicted octanol–water partition coefficient (Wildman–Crippen LogP) is 2.62. The summed E-state index contributed by atoms with van der Waals surface area (Å²) in [5.41, 5.74) is -4.77. The van der Waals surface area contributed by atoms with E-state index in [0.29, 0.717) is 6.42 Å². The van der Waals surface area contributed by atoms with Crippen LogP contribution in [0.1, 0.15) is 27.2 Å². The zero-order valence-electron chi connectivity index (χ0n) is 7.72.